The number of amides is 2. The Hall–Kier alpha value is -3.06. The summed E-state index contributed by atoms with van der Waals surface area (Å²) in [5, 5.41) is 1.25. The average molecular weight is 748 g/mol. The molecule has 3 aromatic carbocycles. The van der Waals surface area contributed by atoms with E-state index in [4.69, 9.17) is 16.3 Å². The van der Waals surface area contributed by atoms with Crippen molar-refractivity contribution < 1.29 is 27.5 Å². The Morgan fingerprint density at radius 2 is 1.74 bits per heavy atom. The Morgan fingerprint density at radius 3 is 2.50 bits per heavy atom. The van der Waals surface area contributed by atoms with Crippen molar-refractivity contribution in [1.82, 2.24) is 4.98 Å². The standard InChI is InChI=1S/C33H23BrClF3N2O4S2/c34-16-7-8-22(44-13-14-3-1-5-17(35)9-14)19(11-16)23-24-20-12-21(27(24)45-29-28(23)46-32(43)39-29)26-25(20)30(41)40(31(26)42)18-6-2-4-15(10-18)33(36,37)38/h1-11,20-21,23-27H,12-13H2,(H,39,43)/t20-,21-,23?,24?,25?,26?,27?/m1/s1. The number of imide groups is 1. The number of aromatic amines is 1. The molecule has 6 nitrogen and oxygen atoms in total. The summed E-state index contributed by atoms with van der Waals surface area (Å²) in [4.78, 5) is 45.3. The first-order valence-corrected chi connectivity index (χ1v) is 17.5. The second-order valence-corrected chi connectivity index (χ2v) is 15.7. The number of H-pyrrole nitrogens is 1. The molecule has 4 aliphatic rings. The molecule has 4 aromatic rings. The Morgan fingerprint density at radius 1 is 0.978 bits per heavy atom. The Balaban J connectivity index is 1.19. The Labute approximate surface area is 282 Å². The first-order chi connectivity index (χ1) is 22.0. The number of halogens is 5. The van der Waals surface area contributed by atoms with Crippen molar-refractivity contribution in [3.63, 3.8) is 0 Å². The van der Waals surface area contributed by atoms with E-state index in [-0.39, 0.29) is 46.1 Å². The van der Waals surface area contributed by atoms with Crippen LogP contribution in [0, 0.1) is 29.6 Å². The van der Waals surface area contributed by atoms with E-state index in [9.17, 15) is 27.6 Å². The summed E-state index contributed by atoms with van der Waals surface area (Å²) in [6.45, 7) is 0.261. The number of hydrogen-bond acceptors (Lipinski definition) is 6. The van der Waals surface area contributed by atoms with Crippen molar-refractivity contribution in [2.24, 2.45) is 29.6 Å². The van der Waals surface area contributed by atoms with Gasteiger partial charge in [-0.3, -0.25) is 19.3 Å². The van der Waals surface area contributed by atoms with Crippen molar-refractivity contribution in [1.29, 1.82) is 0 Å². The molecule has 2 saturated carbocycles. The minimum atomic E-state index is -4.61. The van der Waals surface area contributed by atoms with Crippen molar-refractivity contribution >= 4 is 68.1 Å². The van der Waals surface area contributed by atoms with Gasteiger partial charge in [-0.15, -0.1) is 11.8 Å². The maximum Gasteiger partial charge on any atom is 0.416 e. The number of ether oxygens (including phenoxy) is 1. The number of rotatable bonds is 5. The molecule has 1 N–H and O–H groups in total. The number of carbonyl (C=O) groups excluding carboxylic acids is 2. The number of fused-ring (bicyclic) bond motifs is 9. The molecular weight excluding hydrogens is 725 g/mol. The van der Waals surface area contributed by atoms with Gasteiger partial charge < -0.3 is 9.72 Å². The number of aromatic nitrogens is 1. The molecule has 8 rings (SSSR count). The molecule has 1 saturated heterocycles. The molecule has 2 aliphatic carbocycles. The van der Waals surface area contributed by atoms with Crippen LogP contribution in [0.2, 0.25) is 5.02 Å². The molecule has 7 atom stereocenters. The van der Waals surface area contributed by atoms with E-state index in [0.29, 0.717) is 17.2 Å². The van der Waals surface area contributed by atoms with E-state index in [1.807, 2.05) is 36.4 Å². The van der Waals surface area contributed by atoms with Crippen molar-refractivity contribution in [2.45, 2.75) is 35.4 Å². The van der Waals surface area contributed by atoms with E-state index in [0.717, 1.165) is 53.9 Å². The number of alkyl halides is 3. The normalized spacial score (nSPS) is 27.9. The average Bonchev–Trinajstić information content (AvgIpc) is 3.75. The van der Waals surface area contributed by atoms with Gasteiger partial charge in [0.25, 0.3) is 0 Å². The molecule has 2 bridgehead atoms. The number of hydrogen-bond donors (Lipinski definition) is 1. The molecule has 3 heterocycles. The lowest BCUT2D eigenvalue weighted by Gasteiger charge is -2.43. The molecule has 3 fully saturated rings. The van der Waals surface area contributed by atoms with Gasteiger partial charge in [-0.2, -0.15) is 13.2 Å². The summed E-state index contributed by atoms with van der Waals surface area (Å²) in [5.41, 5.74) is 0.776. The number of anilines is 1. The summed E-state index contributed by atoms with van der Waals surface area (Å²) in [6.07, 6.45) is -3.96. The second-order valence-electron chi connectivity index (χ2n) is 12.1. The molecular formula is C33H23BrClF3N2O4S2. The number of nitrogens with one attached hydrogen (secondary N) is 1. The van der Waals surface area contributed by atoms with Gasteiger partial charge in [-0.25, -0.2) is 0 Å². The van der Waals surface area contributed by atoms with Gasteiger partial charge in [0.2, 0.25) is 11.8 Å². The fourth-order valence-corrected chi connectivity index (χ4v) is 11.6. The minimum absolute atomic E-state index is 0.0575. The Kier molecular flexibility index (Phi) is 7.24. The molecule has 46 heavy (non-hydrogen) atoms. The quantitative estimate of drug-likeness (QED) is 0.209. The maximum absolute atomic E-state index is 14.0. The molecule has 5 unspecified atom stereocenters. The van der Waals surface area contributed by atoms with Gasteiger partial charge in [-0.1, -0.05) is 57.1 Å². The lowest BCUT2D eigenvalue weighted by molar-refractivity contribution is -0.137. The van der Waals surface area contributed by atoms with Crippen LogP contribution >= 0.6 is 50.6 Å². The molecule has 1 aromatic heterocycles. The summed E-state index contributed by atoms with van der Waals surface area (Å²) < 4.78 is 47.8. The zero-order valence-corrected chi connectivity index (χ0v) is 27.6. The maximum atomic E-state index is 14.0. The van der Waals surface area contributed by atoms with Crippen LogP contribution in [0.4, 0.5) is 18.9 Å². The smallest absolute Gasteiger partial charge is 0.416 e. The number of thiazole rings is 1. The van der Waals surface area contributed by atoms with Crippen LogP contribution in [-0.4, -0.2) is 22.0 Å². The molecule has 2 amide bonds. The van der Waals surface area contributed by atoms with E-state index in [1.54, 1.807) is 17.8 Å². The van der Waals surface area contributed by atoms with Gasteiger partial charge in [0.1, 0.15) is 12.4 Å². The summed E-state index contributed by atoms with van der Waals surface area (Å²) in [5.74, 6) is -2.38. The summed E-state index contributed by atoms with van der Waals surface area (Å²) in [6, 6.07) is 17.5. The number of benzene rings is 3. The monoisotopic (exact) mass is 746 g/mol. The van der Waals surface area contributed by atoms with Gasteiger partial charge >= 0.3 is 11.0 Å². The number of nitrogens with zero attached hydrogens (tertiary/aromatic N) is 1. The topological polar surface area (TPSA) is 79.5 Å². The predicted octanol–water partition coefficient (Wildman–Crippen LogP) is 8.13. The van der Waals surface area contributed by atoms with Crippen LogP contribution in [0.5, 0.6) is 5.75 Å². The van der Waals surface area contributed by atoms with Crippen LogP contribution in [0.25, 0.3) is 0 Å². The SMILES string of the molecule is O=C1C2C(C(=O)N1c1cccc(C(F)(F)F)c1)[C@@H]1C[C@H]2C2Sc3[nH]c(=O)sc3C(c3cc(Br)ccc3OCc3cccc(Cl)c3)C21. The van der Waals surface area contributed by atoms with Crippen LogP contribution in [-0.2, 0) is 22.4 Å². The highest BCUT2D eigenvalue weighted by Crippen LogP contribution is 2.69. The van der Waals surface area contributed by atoms with E-state index >= 15 is 0 Å². The fraction of sp³-hybridized carbons (Fsp3) is 0.303. The largest absolute Gasteiger partial charge is 0.489 e. The van der Waals surface area contributed by atoms with Crippen LogP contribution < -0.4 is 14.5 Å². The third-order valence-electron chi connectivity index (χ3n) is 9.75. The Bertz CT molecular complexity index is 1980. The fourth-order valence-electron chi connectivity index (χ4n) is 8.12. The zero-order valence-electron chi connectivity index (χ0n) is 23.6. The lowest BCUT2D eigenvalue weighted by atomic mass is 9.68. The van der Waals surface area contributed by atoms with Gasteiger partial charge in [0.15, 0.2) is 0 Å². The van der Waals surface area contributed by atoms with Crippen molar-refractivity contribution in [3.8, 4) is 5.75 Å². The number of carbonyl (C=O) groups is 2. The third-order valence-corrected chi connectivity index (χ3v) is 13.1. The number of thioether (sulfide) groups is 1. The summed E-state index contributed by atoms with van der Waals surface area (Å²) >= 11 is 12.5. The molecule has 0 spiro atoms. The second kappa shape index (κ2) is 11.0. The van der Waals surface area contributed by atoms with Crippen molar-refractivity contribution in [2.75, 3.05) is 4.90 Å². The molecule has 13 heteroatoms. The van der Waals surface area contributed by atoms with E-state index in [2.05, 4.69) is 20.9 Å². The van der Waals surface area contributed by atoms with E-state index in [1.165, 1.54) is 12.1 Å². The lowest BCUT2D eigenvalue weighted by Crippen LogP contribution is -2.42. The van der Waals surface area contributed by atoms with Gasteiger partial charge in [0.05, 0.1) is 28.1 Å². The zero-order chi connectivity index (χ0) is 32.1. The summed E-state index contributed by atoms with van der Waals surface area (Å²) in [7, 11) is 0. The highest BCUT2D eigenvalue weighted by molar-refractivity contribution is 9.10. The first-order valence-electron chi connectivity index (χ1n) is 14.6. The highest BCUT2D eigenvalue weighted by Gasteiger charge is 2.70. The predicted molar refractivity (Wildman–Crippen MR) is 172 cm³/mol. The van der Waals surface area contributed by atoms with E-state index < -0.39 is 35.4 Å². The van der Waals surface area contributed by atoms with Crippen LogP contribution in [0.15, 0.2) is 81.0 Å². The van der Waals surface area contributed by atoms with Crippen molar-refractivity contribution in [3.05, 3.63) is 107 Å². The van der Waals surface area contributed by atoms with Crippen LogP contribution in [0.3, 0.4) is 0 Å². The third kappa shape index (κ3) is 4.78. The highest BCUT2D eigenvalue weighted by atomic mass is 79.9. The van der Waals surface area contributed by atoms with Gasteiger partial charge in [-0.05, 0) is 78.3 Å². The molecule has 236 valence electrons. The molecule has 2 aliphatic heterocycles. The first kappa shape index (κ1) is 30.3. The minimum Gasteiger partial charge on any atom is -0.489 e. The van der Waals surface area contributed by atoms with Crippen LogP contribution in [0.1, 0.15) is 33.9 Å². The molecule has 0 radical (unpaired) electrons. The van der Waals surface area contributed by atoms with Gasteiger partial charge in [0, 0.05) is 31.1 Å².